The number of alkyl halides is 3. The Hall–Kier alpha value is -1.04. The van der Waals surface area contributed by atoms with Crippen molar-refractivity contribution in [3.63, 3.8) is 0 Å². The SMILES string of the molecule is Cc1c(C(O)CCCC(F)(F)F)cnn1C. The van der Waals surface area contributed by atoms with Crippen LogP contribution in [0.3, 0.4) is 0 Å². The van der Waals surface area contributed by atoms with Crippen molar-refractivity contribution in [2.75, 3.05) is 0 Å². The van der Waals surface area contributed by atoms with Crippen molar-refractivity contribution in [3.05, 3.63) is 17.5 Å². The van der Waals surface area contributed by atoms with Crippen molar-refractivity contribution in [2.24, 2.45) is 7.05 Å². The second-order valence-corrected chi connectivity index (χ2v) is 3.83. The van der Waals surface area contributed by atoms with Gasteiger partial charge in [0.25, 0.3) is 0 Å². The van der Waals surface area contributed by atoms with Crippen LogP contribution in [0.4, 0.5) is 13.2 Å². The molecule has 1 N–H and O–H groups in total. The van der Waals surface area contributed by atoms with Crippen LogP contribution in [0.5, 0.6) is 0 Å². The molecule has 1 aromatic rings. The predicted octanol–water partition coefficient (Wildman–Crippen LogP) is 2.49. The zero-order valence-electron chi connectivity index (χ0n) is 9.25. The van der Waals surface area contributed by atoms with Crippen molar-refractivity contribution < 1.29 is 18.3 Å². The number of aliphatic hydroxyl groups excluding tert-OH is 1. The first-order chi connectivity index (χ1) is 7.31. The fourth-order valence-corrected chi connectivity index (χ4v) is 1.49. The molecule has 92 valence electrons. The molecule has 0 bridgehead atoms. The summed E-state index contributed by atoms with van der Waals surface area (Å²) in [4.78, 5) is 0. The third-order valence-electron chi connectivity index (χ3n) is 2.57. The maximum absolute atomic E-state index is 11.9. The van der Waals surface area contributed by atoms with E-state index in [1.807, 2.05) is 0 Å². The highest BCUT2D eigenvalue weighted by Gasteiger charge is 2.27. The van der Waals surface area contributed by atoms with Gasteiger partial charge in [-0.1, -0.05) is 0 Å². The van der Waals surface area contributed by atoms with Crippen molar-refractivity contribution in [3.8, 4) is 0 Å². The Morgan fingerprint density at radius 1 is 1.50 bits per heavy atom. The van der Waals surface area contributed by atoms with Gasteiger partial charge in [0.15, 0.2) is 0 Å². The van der Waals surface area contributed by atoms with Gasteiger partial charge in [-0.25, -0.2) is 0 Å². The summed E-state index contributed by atoms with van der Waals surface area (Å²) >= 11 is 0. The van der Waals surface area contributed by atoms with Gasteiger partial charge in [0.1, 0.15) is 0 Å². The van der Waals surface area contributed by atoms with Gasteiger partial charge in [-0.2, -0.15) is 18.3 Å². The van der Waals surface area contributed by atoms with Crippen LogP contribution in [0, 0.1) is 6.92 Å². The van der Waals surface area contributed by atoms with Gasteiger partial charge in [-0.15, -0.1) is 0 Å². The molecule has 0 aliphatic rings. The molecule has 0 amide bonds. The summed E-state index contributed by atoms with van der Waals surface area (Å²) < 4.78 is 37.3. The Labute approximate surface area is 91.9 Å². The van der Waals surface area contributed by atoms with Crippen LogP contribution in [0.1, 0.15) is 36.6 Å². The summed E-state index contributed by atoms with van der Waals surface area (Å²) in [7, 11) is 1.72. The largest absolute Gasteiger partial charge is 0.389 e. The van der Waals surface area contributed by atoms with Crippen LogP contribution >= 0.6 is 0 Å². The molecule has 3 nitrogen and oxygen atoms in total. The van der Waals surface area contributed by atoms with E-state index in [0.29, 0.717) is 5.56 Å². The van der Waals surface area contributed by atoms with Gasteiger partial charge in [0.05, 0.1) is 12.3 Å². The monoisotopic (exact) mass is 236 g/mol. The molecule has 0 saturated carbocycles. The summed E-state index contributed by atoms with van der Waals surface area (Å²) in [5.74, 6) is 0. The third-order valence-corrected chi connectivity index (χ3v) is 2.57. The van der Waals surface area contributed by atoms with Gasteiger partial charge in [0.2, 0.25) is 0 Å². The zero-order chi connectivity index (χ0) is 12.3. The number of hydrogen-bond donors (Lipinski definition) is 1. The fourth-order valence-electron chi connectivity index (χ4n) is 1.49. The highest BCUT2D eigenvalue weighted by molar-refractivity contribution is 5.18. The van der Waals surface area contributed by atoms with E-state index in [1.54, 1.807) is 18.7 Å². The Balaban J connectivity index is 2.47. The number of halogens is 3. The Kier molecular flexibility index (Phi) is 3.96. The molecule has 1 aromatic heterocycles. The van der Waals surface area contributed by atoms with Crippen LogP contribution in [-0.2, 0) is 7.05 Å². The number of hydrogen-bond acceptors (Lipinski definition) is 2. The third kappa shape index (κ3) is 3.52. The number of aromatic nitrogens is 2. The van der Waals surface area contributed by atoms with E-state index >= 15 is 0 Å². The minimum Gasteiger partial charge on any atom is -0.388 e. The summed E-state index contributed by atoms with van der Waals surface area (Å²) in [6, 6.07) is 0. The second kappa shape index (κ2) is 4.86. The molecule has 1 atom stereocenters. The van der Waals surface area contributed by atoms with E-state index in [-0.39, 0.29) is 12.8 Å². The molecule has 16 heavy (non-hydrogen) atoms. The van der Waals surface area contributed by atoms with Crippen molar-refractivity contribution in [2.45, 2.75) is 38.5 Å². The molecule has 1 unspecified atom stereocenters. The van der Waals surface area contributed by atoms with E-state index in [2.05, 4.69) is 5.10 Å². The predicted molar refractivity (Wildman–Crippen MR) is 52.8 cm³/mol. The maximum atomic E-state index is 11.9. The molecule has 1 heterocycles. The lowest BCUT2D eigenvalue weighted by atomic mass is 10.0. The minimum atomic E-state index is -4.15. The van der Waals surface area contributed by atoms with Gasteiger partial charge < -0.3 is 5.11 Å². The molecule has 0 fully saturated rings. The normalized spacial score (nSPS) is 14.1. The molecule has 0 spiro atoms. The standard InChI is InChI=1S/C10H15F3N2O/c1-7-8(6-14-15(7)2)9(16)4-3-5-10(11,12)13/h6,9,16H,3-5H2,1-2H3. The Morgan fingerprint density at radius 2 is 2.12 bits per heavy atom. The van der Waals surface area contributed by atoms with E-state index in [0.717, 1.165) is 5.69 Å². The highest BCUT2D eigenvalue weighted by atomic mass is 19.4. The molecule has 0 aromatic carbocycles. The molecule has 0 saturated heterocycles. The molecular weight excluding hydrogens is 221 g/mol. The summed E-state index contributed by atoms with van der Waals surface area (Å²) in [5.41, 5.74) is 1.38. The van der Waals surface area contributed by atoms with Crippen molar-refractivity contribution in [1.82, 2.24) is 9.78 Å². The minimum absolute atomic E-state index is 0.0704. The molecule has 0 radical (unpaired) electrons. The second-order valence-electron chi connectivity index (χ2n) is 3.83. The molecule has 6 heteroatoms. The lowest BCUT2D eigenvalue weighted by molar-refractivity contribution is -0.136. The lowest BCUT2D eigenvalue weighted by Crippen LogP contribution is -2.08. The number of aryl methyl sites for hydroxylation is 1. The van der Waals surface area contributed by atoms with E-state index in [4.69, 9.17) is 0 Å². The Morgan fingerprint density at radius 3 is 2.56 bits per heavy atom. The van der Waals surface area contributed by atoms with Crippen molar-refractivity contribution >= 4 is 0 Å². The van der Waals surface area contributed by atoms with Gasteiger partial charge >= 0.3 is 6.18 Å². The van der Waals surface area contributed by atoms with Crippen LogP contribution in [0.2, 0.25) is 0 Å². The molecule has 1 rings (SSSR count). The molecule has 0 aliphatic heterocycles. The lowest BCUT2D eigenvalue weighted by Gasteiger charge is -2.11. The van der Waals surface area contributed by atoms with E-state index in [9.17, 15) is 18.3 Å². The fraction of sp³-hybridized carbons (Fsp3) is 0.700. The van der Waals surface area contributed by atoms with Crippen LogP contribution in [0.25, 0.3) is 0 Å². The van der Waals surface area contributed by atoms with Gasteiger partial charge in [-0.3, -0.25) is 4.68 Å². The molecule has 0 aliphatic carbocycles. The van der Waals surface area contributed by atoms with E-state index < -0.39 is 18.7 Å². The molecular formula is C10H15F3N2O. The topological polar surface area (TPSA) is 38.1 Å². The maximum Gasteiger partial charge on any atom is 0.389 e. The van der Waals surface area contributed by atoms with Crippen LogP contribution < -0.4 is 0 Å². The zero-order valence-corrected chi connectivity index (χ0v) is 9.25. The number of rotatable bonds is 4. The van der Waals surface area contributed by atoms with E-state index in [1.165, 1.54) is 6.20 Å². The summed E-state index contributed by atoms with van der Waals surface area (Å²) in [6.45, 7) is 1.77. The summed E-state index contributed by atoms with van der Waals surface area (Å²) in [6.07, 6.45) is -4.35. The first-order valence-electron chi connectivity index (χ1n) is 5.04. The number of aliphatic hydroxyl groups is 1. The quantitative estimate of drug-likeness (QED) is 0.872. The van der Waals surface area contributed by atoms with Gasteiger partial charge in [-0.05, 0) is 19.8 Å². The van der Waals surface area contributed by atoms with Gasteiger partial charge in [0, 0.05) is 24.7 Å². The first-order valence-corrected chi connectivity index (χ1v) is 5.04. The average molecular weight is 236 g/mol. The summed E-state index contributed by atoms with van der Waals surface area (Å²) in [5, 5.41) is 13.6. The van der Waals surface area contributed by atoms with Crippen LogP contribution in [0.15, 0.2) is 6.20 Å². The Bertz CT molecular complexity index is 346. The highest BCUT2D eigenvalue weighted by Crippen LogP contribution is 2.27. The van der Waals surface area contributed by atoms with Crippen molar-refractivity contribution in [1.29, 1.82) is 0 Å². The van der Waals surface area contributed by atoms with Crippen LogP contribution in [-0.4, -0.2) is 21.1 Å². The average Bonchev–Trinajstić information content (AvgIpc) is 2.45. The number of nitrogens with zero attached hydrogens (tertiary/aromatic N) is 2. The first kappa shape index (κ1) is 13.0. The smallest absolute Gasteiger partial charge is 0.388 e.